The van der Waals surface area contributed by atoms with E-state index >= 15 is 0 Å². The SMILES string of the molecule is CC(=O)c1cn(CC2CCCO2)nn1. The van der Waals surface area contributed by atoms with Gasteiger partial charge in [0.1, 0.15) is 5.69 Å². The number of ether oxygens (including phenoxy) is 1. The van der Waals surface area contributed by atoms with Crippen molar-refractivity contribution >= 4 is 5.78 Å². The summed E-state index contributed by atoms with van der Waals surface area (Å²) in [5.41, 5.74) is 0.419. The van der Waals surface area contributed by atoms with Gasteiger partial charge in [-0.2, -0.15) is 0 Å². The lowest BCUT2D eigenvalue weighted by atomic mass is 10.2. The van der Waals surface area contributed by atoms with Crippen molar-refractivity contribution in [1.29, 1.82) is 0 Å². The third kappa shape index (κ3) is 1.98. The normalized spacial score (nSPS) is 21.4. The Hall–Kier alpha value is -1.23. The minimum Gasteiger partial charge on any atom is -0.376 e. The van der Waals surface area contributed by atoms with Gasteiger partial charge >= 0.3 is 0 Å². The van der Waals surface area contributed by atoms with Crippen molar-refractivity contribution in [2.24, 2.45) is 0 Å². The molecular formula is C9H13N3O2. The van der Waals surface area contributed by atoms with Gasteiger partial charge in [0, 0.05) is 13.5 Å². The molecule has 0 N–H and O–H groups in total. The number of hydrogen-bond acceptors (Lipinski definition) is 4. The Morgan fingerprint density at radius 1 is 1.79 bits per heavy atom. The van der Waals surface area contributed by atoms with Gasteiger partial charge in [-0.25, -0.2) is 4.68 Å². The molecule has 0 saturated carbocycles. The number of hydrogen-bond donors (Lipinski definition) is 0. The average molecular weight is 195 g/mol. The van der Waals surface area contributed by atoms with E-state index in [0.29, 0.717) is 12.2 Å². The first-order valence-electron chi connectivity index (χ1n) is 4.78. The predicted octanol–water partition coefficient (Wildman–Crippen LogP) is 0.660. The maximum absolute atomic E-state index is 10.9. The first-order chi connectivity index (χ1) is 6.75. The molecule has 1 atom stereocenters. The van der Waals surface area contributed by atoms with Crippen molar-refractivity contribution in [3.05, 3.63) is 11.9 Å². The van der Waals surface area contributed by atoms with Crippen LogP contribution in [0.4, 0.5) is 0 Å². The molecule has 0 aliphatic carbocycles. The van der Waals surface area contributed by atoms with Crippen molar-refractivity contribution in [3.63, 3.8) is 0 Å². The van der Waals surface area contributed by atoms with E-state index < -0.39 is 0 Å². The second kappa shape index (κ2) is 3.88. The molecule has 1 saturated heterocycles. The fourth-order valence-corrected chi connectivity index (χ4v) is 1.55. The molecule has 5 nitrogen and oxygen atoms in total. The van der Waals surface area contributed by atoms with Crippen LogP contribution in [0, 0.1) is 0 Å². The molecule has 0 radical (unpaired) electrons. The van der Waals surface area contributed by atoms with Crippen molar-refractivity contribution in [2.75, 3.05) is 6.61 Å². The molecule has 1 aliphatic heterocycles. The van der Waals surface area contributed by atoms with E-state index in [0.717, 1.165) is 19.4 Å². The molecule has 76 valence electrons. The molecule has 14 heavy (non-hydrogen) atoms. The summed E-state index contributed by atoms with van der Waals surface area (Å²) in [7, 11) is 0. The van der Waals surface area contributed by atoms with Crippen LogP contribution in [-0.2, 0) is 11.3 Å². The fourth-order valence-electron chi connectivity index (χ4n) is 1.55. The molecule has 1 unspecified atom stereocenters. The Morgan fingerprint density at radius 3 is 3.21 bits per heavy atom. The monoisotopic (exact) mass is 195 g/mol. The van der Waals surface area contributed by atoms with E-state index in [4.69, 9.17) is 4.74 Å². The van der Waals surface area contributed by atoms with Gasteiger partial charge in [-0.3, -0.25) is 4.79 Å². The lowest BCUT2D eigenvalue weighted by Gasteiger charge is -2.07. The Bertz CT molecular complexity index is 329. The minimum absolute atomic E-state index is 0.0522. The third-order valence-electron chi connectivity index (χ3n) is 2.31. The zero-order chi connectivity index (χ0) is 9.97. The number of ketones is 1. The van der Waals surface area contributed by atoms with Crippen LogP contribution in [0.15, 0.2) is 6.20 Å². The third-order valence-corrected chi connectivity index (χ3v) is 2.31. The lowest BCUT2D eigenvalue weighted by molar-refractivity contribution is 0.0934. The van der Waals surface area contributed by atoms with E-state index in [9.17, 15) is 4.79 Å². The largest absolute Gasteiger partial charge is 0.376 e. The summed E-state index contributed by atoms with van der Waals surface area (Å²) in [6, 6.07) is 0. The summed E-state index contributed by atoms with van der Waals surface area (Å²) < 4.78 is 7.13. The molecule has 1 aliphatic rings. The van der Waals surface area contributed by atoms with Crippen LogP contribution in [0.3, 0.4) is 0 Å². The molecule has 0 bridgehead atoms. The minimum atomic E-state index is -0.0522. The van der Waals surface area contributed by atoms with E-state index in [1.165, 1.54) is 6.92 Å². The first kappa shape index (κ1) is 9.33. The molecular weight excluding hydrogens is 182 g/mol. The maximum Gasteiger partial charge on any atom is 0.181 e. The van der Waals surface area contributed by atoms with Crippen LogP contribution in [0.5, 0.6) is 0 Å². The highest BCUT2D eigenvalue weighted by Gasteiger charge is 2.17. The predicted molar refractivity (Wildman–Crippen MR) is 49.0 cm³/mol. The summed E-state index contributed by atoms with van der Waals surface area (Å²) in [5, 5.41) is 7.63. The topological polar surface area (TPSA) is 57.0 Å². The molecule has 1 fully saturated rings. The molecule has 2 heterocycles. The van der Waals surface area contributed by atoms with Gasteiger partial charge in [0.2, 0.25) is 0 Å². The van der Waals surface area contributed by atoms with Gasteiger partial charge in [0.25, 0.3) is 0 Å². The van der Waals surface area contributed by atoms with E-state index in [1.807, 2.05) is 0 Å². The van der Waals surface area contributed by atoms with Crippen LogP contribution in [0.25, 0.3) is 0 Å². The highest BCUT2D eigenvalue weighted by molar-refractivity contribution is 5.91. The Labute approximate surface area is 82.1 Å². The van der Waals surface area contributed by atoms with E-state index in [2.05, 4.69) is 10.3 Å². The van der Waals surface area contributed by atoms with Crippen molar-refractivity contribution in [3.8, 4) is 0 Å². The Balaban J connectivity index is 1.98. The second-order valence-electron chi connectivity index (χ2n) is 3.52. The lowest BCUT2D eigenvalue weighted by Crippen LogP contribution is -2.15. The standard InChI is InChI=1S/C9H13N3O2/c1-7(13)9-6-12(11-10-9)5-8-3-2-4-14-8/h6,8H,2-5H2,1H3. The second-order valence-corrected chi connectivity index (χ2v) is 3.52. The number of aromatic nitrogens is 3. The zero-order valence-corrected chi connectivity index (χ0v) is 8.14. The number of rotatable bonds is 3. The summed E-state index contributed by atoms with van der Waals surface area (Å²) in [4.78, 5) is 10.9. The highest BCUT2D eigenvalue weighted by atomic mass is 16.5. The molecule has 1 aromatic rings. The van der Waals surface area contributed by atoms with Crippen LogP contribution >= 0.6 is 0 Å². The Kier molecular flexibility index (Phi) is 2.58. The Morgan fingerprint density at radius 2 is 2.64 bits per heavy atom. The van der Waals surface area contributed by atoms with E-state index in [-0.39, 0.29) is 11.9 Å². The van der Waals surface area contributed by atoms with Crippen molar-refractivity contribution in [2.45, 2.75) is 32.4 Å². The zero-order valence-electron chi connectivity index (χ0n) is 8.14. The molecule has 0 spiro atoms. The smallest absolute Gasteiger partial charge is 0.181 e. The quantitative estimate of drug-likeness (QED) is 0.665. The summed E-state index contributed by atoms with van der Waals surface area (Å²) >= 11 is 0. The highest BCUT2D eigenvalue weighted by Crippen LogP contribution is 2.13. The molecule has 0 amide bonds. The van der Waals surface area contributed by atoms with Gasteiger partial charge in [0.15, 0.2) is 5.78 Å². The molecule has 0 aromatic carbocycles. The number of carbonyl (C=O) groups is 1. The number of carbonyl (C=O) groups excluding carboxylic acids is 1. The van der Waals surface area contributed by atoms with Crippen LogP contribution in [-0.4, -0.2) is 33.5 Å². The number of Topliss-reactive ketones (excluding diaryl/α,β-unsaturated/α-hetero) is 1. The van der Waals surface area contributed by atoms with Crippen LogP contribution in [0.1, 0.15) is 30.3 Å². The fraction of sp³-hybridized carbons (Fsp3) is 0.667. The summed E-state index contributed by atoms with van der Waals surface area (Å²) in [6.07, 6.45) is 4.08. The summed E-state index contributed by atoms with van der Waals surface area (Å²) in [6.45, 7) is 3.01. The summed E-state index contributed by atoms with van der Waals surface area (Å²) in [5.74, 6) is -0.0522. The molecule has 5 heteroatoms. The first-order valence-corrected chi connectivity index (χ1v) is 4.78. The average Bonchev–Trinajstić information content (AvgIpc) is 2.75. The van der Waals surface area contributed by atoms with E-state index in [1.54, 1.807) is 10.9 Å². The van der Waals surface area contributed by atoms with Gasteiger partial charge in [-0.05, 0) is 12.8 Å². The van der Waals surface area contributed by atoms with Crippen molar-refractivity contribution < 1.29 is 9.53 Å². The van der Waals surface area contributed by atoms with Gasteiger partial charge in [0.05, 0.1) is 18.8 Å². The molecule has 2 rings (SSSR count). The maximum atomic E-state index is 10.9. The van der Waals surface area contributed by atoms with Crippen LogP contribution in [0.2, 0.25) is 0 Å². The van der Waals surface area contributed by atoms with Crippen LogP contribution < -0.4 is 0 Å². The molecule has 1 aromatic heterocycles. The van der Waals surface area contributed by atoms with Gasteiger partial charge < -0.3 is 4.74 Å². The van der Waals surface area contributed by atoms with Gasteiger partial charge in [-0.1, -0.05) is 5.21 Å². The number of nitrogens with zero attached hydrogens (tertiary/aromatic N) is 3. The van der Waals surface area contributed by atoms with Crippen molar-refractivity contribution in [1.82, 2.24) is 15.0 Å². The van der Waals surface area contributed by atoms with Gasteiger partial charge in [-0.15, -0.1) is 5.10 Å².